The topological polar surface area (TPSA) is 38.1 Å². The molecule has 2 aliphatic rings. The molecular formula is C22H17ClF3N3O. The van der Waals surface area contributed by atoms with E-state index in [1.807, 2.05) is 4.90 Å². The van der Waals surface area contributed by atoms with Crippen molar-refractivity contribution in [2.75, 3.05) is 0 Å². The number of hydrogen-bond acceptors (Lipinski definition) is 2. The van der Waals surface area contributed by atoms with Crippen molar-refractivity contribution in [1.82, 2.24) is 14.7 Å². The number of benzene rings is 2. The van der Waals surface area contributed by atoms with Crippen molar-refractivity contribution in [2.45, 2.75) is 31.3 Å². The number of rotatable bonds is 2. The minimum atomic E-state index is -1.49. The van der Waals surface area contributed by atoms with E-state index in [-0.39, 0.29) is 23.6 Å². The first-order valence-corrected chi connectivity index (χ1v) is 10.0. The first-order chi connectivity index (χ1) is 14.3. The van der Waals surface area contributed by atoms with Gasteiger partial charge in [-0.05, 0) is 49.6 Å². The zero-order valence-electron chi connectivity index (χ0n) is 16.0. The van der Waals surface area contributed by atoms with Crippen molar-refractivity contribution < 1.29 is 18.0 Å². The molecule has 2 atom stereocenters. The second-order valence-corrected chi connectivity index (χ2v) is 8.20. The van der Waals surface area contributed by atoms with Crippen LogP contribution >= 0.6 is 11.6 Å². The summed E-state index contributed by atoms with van der Waals surface area (Å²) < 4.78 is 42.7. The van der Waals surface area contributed by atoms with E-state index in [2.05, 4.69) is 5.10 Å². The predicted octanol–water partition coefficient (Wildman–Crippen LogP) is 5.06. The molecular weight excluding hydrogens is 415 g/mol. The molecule has 0 saturated carbocycles. The minimum Gasteiger partial charge on any atom is -0.327 e. The zero-order chi connectivity index (χ0) is 21.2. The lowest BCUT2D eigenvalue weighted by molar-refractivity contribution is 0.0642. The van der Waals surface area contributed by atoms with Gasteiger partial charge in [0, 0.05) is 34.8 Å². The highest BCUT2D eigenvalue weighted by Gasteiger charge is 2.45. The van der Waals surface area contributed by atoms with Gasteiger partial charge in [0.05, 0.1) is 17.4 Å². The number of aromatic nitrogens is 2. The fourth-order valence-electron chi connectivity index (χ4n) is 4.78. The van der Waals surface area contributed by atoms with Gasteiger partial charge in [-0.25, -0.2) is 13.2 Å². The number of halogens is 4. The summed E-state index contributed by atoms with van der Waals surface area (Å²) in [7, 11) is 1.68. The third kappa shape index (κ3) is 2.83. The molecule has 3 heterocycles. The maximum atomic E-state index is 13.8. The maximum absolute atomic E-state index is 13.8. The van der Waals surface area contributed by atoms with E-state index in [0.29, 0.717) is 22.7 Å². The van der Waals surface area contributed by atoms with Crippen LogP contribution in [0.4, 0.5) is 13.2 Å². The Labute approximate surface area is 175 Å². The molecule has 4 nitrogen and oxygen atoms in total. The largest absolute Gasteiger partial charge is 0.327 e. The molecule has 1 fully saturated rings. The van der Waals surface area contributed by atoms with Gasteiger partial charge in [0.15, 0.2) is 17.5 Å². The van der Waals surface area contributed by atoms with Crippen LogP contribution < -0.4 is 0 Å². The lowest BCUT2D eigenvalue weighted by atomic mass is 9.94. The van der Waals surface area contributed by atoms with Gasteiger partial charge in [0.25, 0.3) is 5.91 Å². The van der Waals surface area contributed by atoms with Crippen LogP contribution in [0.15, 0.2) is 36.4 Å². The molecule has 8 heteroatoms. The molecule has 2 aliphatic heterocycles. The Morgan fingerprint density at radius 2 is 1.87 bits per heavy atom. The van der Waals surface area contributed by atoms with E-state index in [0.717, 1.165) is 36.2 Å². The van der Waals surface area contributed by atoms with E-state index in [1.165, 1.54) is 0 Å². The van der Waals surface area contributed by atoms with Crippen LogP contribution in [0.3, 0.4) is 0 Å². The third-order valence-electron chi connectivity index (χ3n) is 6.00. The van der Waals surface area contributed by atoms with Crippen molar-refractivity contribution in [3.8, 4) is 11.3 Å². The van der Waals surface area contributed by atoms with Crippen LogP contribution in [0, 0.1) is 17.5 Å². The summed E-state index contributed by atoms with van der Waals surface area (Å²) in [6.45, 7) is 0. The van der Waals surface area contributed by atoms with Crippen LogP contribution in [0.1, 0.15) is 40.5 Å². The molecule has 30 heavy (non-hydrogen) atoms. The molecule has 2 bridgehead atoms. The van der Waals surface area contributed by atoms with Crippen LogP contribution in [0.25, 0.3) is 11.3 Å². The number of hydrogen-bond donors (Lipinski definition) is 0. The highest BCUT2D eigenvalue weighted by atomic mass is 35.5. The molecule has 1 aromatic heterocycles. The van der Waals surface area contributed by atoms with Crippen molar-refractivity contribution in [1.29, 1.82) is 0 Å². The van der Waals surface area contributed by atoms with Crippen LogP contribution in [-0.4, -0.2) is 26.6 Å². The van der Waals surface area contributed by atoms with Gasteiger partial charge in [-0.15, -0.1) is 0 Å². The summed E-state index contributed by atoms with van der Waals surface area (Å²) in [5.74, 6) is -4.08. The van der Waals surface area contributed by atoms with Crippen molar-refractivity contribution in [3.05, 3.63) is 75.7 Å². The van der Waals surface area contributed by atoms with Gasteiger partial charge in [-0.1, -0.05) is 17.7 Å². The molecule has 1 amide bonds. The smallest absolute Gasteiger partial charge is 0.254 e. The second-order valence-electron chi connectivity index (χ2n) is 7.76. The highest BCUT2D eigenvalue weighted by Crippen LogP contribution is 2.46. The summed E-state index contributed by atoms with van der Waals surface area (Å²) in [5, 5.41) is 5.08. The van der Waals surface area contributed by atoms with Crippen molar-refractivity contribution in [3.63, 3.8) is 0 Å². The van der Waals surface area contributed by atoms with Gasteiger partial charge < -0.3 is 4.90 Å². The summed E-state index contributed by atoms with van der Waals surface area (Å²) in [5.41, 5.74) is 2.88. The van der Waals surface area contributed by atoms with Gasteiger partial charge in [-0.3, -0.25) is 9.48 Å². The summed E-state index contributed by atoms with van der Waals surface area (Å²) >= 11 is 6.05. The number of aryl methyl sites for hydroxylation is 1. The second kappa shape index (κ2) is 6.87. The van der Waals surface area contributed by atoms with Gasteiger partial charge >= 0.3 is 0 Å². The number of nitrogens with zero attached hydrogens (tertiary/aromatic N) is 3. The Morgan fingerprint density at radius 1 is 1.13 bits per heavy atom. The van der Waals surface area contributed by atoms with Crippen molar-refractivity contribution in [2.24, 2.45) is 7.05 Å². The number of carbonyl (C=O) groups excluding carboxylic acids is 1. The Morgan fingerprint density at radius 3 is 2.57 bits per heavy atom. The molecule has 1 saturated heterocycles. The zero-order valence-corrected chi connectivity index (χ0v) is 16.8. The first kappa shape index (κ1) is 19.2. The summed E-state index contributed by atoms with van der Waals surface area (Å²) in [4.78, 5) is 15.0. The lowest BCUT2D eigenvalue weighted by Crippen LogP contribution is -2.41. The number of carbonyl (C=O) groups is 1. The van der Waals surface area contributed by atoms with E-state index in [4.69, 9.17) is 11.6 Å². The van der Waals surface area contributed by atoms with Gasteiger partial charge in [0.1, 0.15) is 0 Å². The van der Waals surface area contributed by atoms with E-state index in [1.54, 1.807) is 36.0 Å². The average Bonchev–Trinajstić information content (AvgIpc) is 3.21. The van der Waals surface area contributed by atoms with E-state index < -0.39 is 17.5 Å². The molecule has 0 unspecified atom stereocenters. The monoisotopic (exact) mass is 431 g/mol. The van der Waals surface area contributed by atoms with Crippen LogP contribution in [0.2, 0.25) is 5.02 Å². The molecule has 5 rings (SSSR count). The van der Waals surface area contributed by atoms with Gasteiger partial charge in [-0.2, -0.15) is 5.10 Å². The maximum Gasteiger partial charge on any atom is 0.254 e. The quantitative estimate of drug-likeness (QED) is 0.532. The molecule has 0 spiro atoms. The third-order valence-corrected chi connectivity index (χ3v) is 6.23. The first-order valence-electron chi connectivity index (χ1n) is 9.64. The average molecular weight is 432 g/mol. The Hall–Kier alpha value is -2.80. The van der Waals surface area contributed by atoms with Gasteiger partial charge in [0.2, 0.25) is 0 Å². The predicted molar refractivity (Wildman–Crippen MR) is 106 cm³/mol. The highest BCUT2D eigenvalue weighted by molar-refractivity contribution is 6.31. The molecule has 0 N–H and O–H groups in total. The lowest BCUT2D eigenvalue weighted by Gasteiger charge is -2.34. The number of fused-ring (bicyclic) bond motifs is 4. The normalized spacial score (nSPS) is 19.8. The van der Waals surface area contributed by atoms with Crippen LogP contribution in [0.5, 0.6) is 0 Å². The molecule has 154 valence electrons. The molecule has 0 radical (unpaired) electrons. The minimum absolute atomic E-state index is 0.0490. The summed E-state index contributed by atoms with van der Waals surface area (Å²) in [6.07, 6.45) is 2.08. The van der Waals surface area contributed by atoms with E-state index >= 15 is 0 Å². The number of amides is 1. The Bertz CT molecular complexity index is 1170. The molecule has 0 aliphatic carbocycles. The van der Waals surface area contributed by atoms with Crippen molar-refractivity contribution >= 4 is 17.5 Å². The molecule has 2 aromatic carbocycles. The molecule has 3 aromatic rings. The standard InChI is InChI=1S/C22H17ClF3N3O/c1-28-21(12-8-16(24)19(26)17(25)9-12)15-10-14-5-6-18(20(15)27-28)29(14)22(30)11-3-2-4-13(23)7-11/h2-4,7-9,14,18H,5-6,10H2,1H3/t14-,18+/m1/s1. The fraction of sp³-hybridized carbons (Fsp3) is 0.273. The van der Waals surface area contributed by atoms with Crippen LogP contribution in [-0.2, 0) is 13.5 Å². The fourth-order valence-corrected chi connectivity index (χ4v) is 4.97. The summed E-state index contributed by atoms with van der Waals surface area (Å²) in [6, 6.07) is 8.54. The van der Waals surface area contributed by atoms with E-state index in [9.17, 15) is 18.0 Å². The Kier molecular flexibility index (Phi) is 4.39. The Balaban J connectivity index is 1.57. The SMILES string of the molecule is Cn1nc2c(c1-c1cc(F)c(F)c(F)c1)C[C@H]1CC[C@@H]2N1C(=O)c1cccc(Cl)c1.